The number of guanidine groups is 1. The van der Waals surface area contributed by atoms with Crippen molar-refractivity contribution in [3.05, 3.63) is 76.9 Å². The van der Waals surface area contributed by atoms with Gasteiger partial charge in [-0.2, -0.15) is 18.2 Å². The van der Waals surface area contributed by atoms with E-state index in [4.69, 9.17) is 11.3 Å². The number of nitrogens with zero attached hydrogens (tertiary/aromatic N) is 3. The molecular formula is C29H34F3N5O2. The molecule has 1 aliphatic carbocycles. The summed E-state index contributed by atoms with van der Waals surface area (Å²) in [5, 5.41) is 2.91. The van der Waals surface area contributed by atoms with Gasteiger partial charge in [0, 0.05) is 24.2 Å². The summed E-state index contributed by atoms with van der Waals surface area (Å²) in [6, 6.07) is 11.4. The summed E-state index contributed by atoms with van der Waals surface area (Å²) in [6.45, 7) is 6.94. The molecule has 0 atom stereocenters. The second-order valence-electron chi connectivity index (χ2n) is 10.9. The minimum absolute atomic E-state index is 0.0216. The van der Waals surface area contributed by atoms with Crippen molar-refractivity contribution in [2.24, 2.45) is 27.2 Å². The van der Waals surface area contributed by atoms with E-state index in [-0.39, 0.29) is 35.0 Å². The first kappa shape index (κ1) is 29.7. The zero-order valence-electron chi connectivity index (χ0n) is 22.3. The smallest absolute Gasteiger partial charge is 0.366 e. The largest absolute Gasteiger partial charge is 0.416 e. The van der Waals surface area contributed by atoms with Crippen LogP contribution >= 0.6 is 0 Å². The summed E-state index contributed by atoms with van der Waals surface area (Å²) in [6.07, 6.45) is 1.87. The highest BCUT2D eigenvalue weighted by Crippen LogP contribution is 2.39. The van der Waals surface area contributed by atoms with Gasteiger partial charge in [-0.05, 0) is 78.5 Å². The molecule has 208 valence electrons. The molecule has 0 saturated heterocycles. The summed E-state index contributed by atoms with van der Waals surface area (Å²) in [5.74, 6) is -0.826. The molecule has 3 rings (SSSR count). The highest BCUT2D eigenvalue weighted by molar-refractivity contribution is 6.02. The third-order valence-corrected chi connectivity index (χ3v) is 7.16. The SMILES string of the molecule is CC(C)(C)C1CCC(N(Cc2ccc(C(=O)N=C(N)N=N)cc2)C(=O)/C=C/c2cccc(C(F)(F)F)c2)CC1. The van der Waals surface area contributed by atoms with Crippen LogP contribution in [0.1, 0.15) is 73.5 Å². The van der Waals surface area contributed by atoms with Crippen LogP contribution in [0.5, 0.6) is 0 Å². The monoisotopic (exact) mass is 541 g/mol. The molecule has 1 fully saturated rings. The Morgan fingerprint density at radius 1 is 1.05 bits per heavy atom. The Kier molecular flexibility index (Phi) is 9.42. The van der Waals surface area contributed by atoms with Crippen molar-refractivity contribution < 1.29 is 22.8 Å². The van der Waals surface area contributed by atoms with E-state index in [1.807, 2.05) is 0 Å². The maximum Gasteiger partial charge on any atom is 0.416 e. The van der Waals surface area contributed by atoms with Crippen molar-refractivity contribution >= 4 is 23.8 Å². The number of rotatable bonds is 6. The zero-order chi connectivity index (χ0) is 28.8. The zero-order valence-corrected chi connectivity index (χ0v) is 22.3. The number of halogens is 3. The van der Waals surface area contributed by atoms with Crippen LogP contribution in [0.15, 0.2) is 64.7 Å². The van der Waals surface area contributed by atoms with Gasteiger partial charge in [-0.1, -0.05) is 45.0 Å². The van der Waals surface area contributed by atoms with E-state index in [1.165, 1.54) is 24.3 Å². The van der Waals surface area contributed by atoms with Crippen molar-refractivity contribution in [2.45, 2.75) is 65.2 Å². The lowest BCUT2D eigenvalue weighted by molar-refractivity contribution is -0.137. The molecule has 0 spiro atoms. The Bertz CT molecular complexity index is 1240. The van der Waals surface area contributed by atoms with Crippen LogP contribution in [-0.2, 0) is 17.5 Å². The molecule has 0 aliphatic heterocycles. The van der Waals surface area contributed by atoms with Crippen LogP contribution < -0.4 is 5.73 Å². The number of hydrogen-bond donors (Lipinski definition) is 2. The maximum atomic E-state index is 13.4. The number of alkyl halides is 3. The summed E-state index contributed by atoms with van der Waals surface area (Å²) < 4.78 is 39.3. The molecule has 0 bridgehead atoms. The number of carbonyl (C=O) groups excluding carboxylic acids is 2. The van der Waals surface area contributed by atoms with E-state index in [0.717, 1.165) is 43.4 Å². The number of nitrogens with one attached hydrogen (secondary N) is 1. The Balaban J connectivity index is 1.82. The van der Waals surface area contributed by atoms with Gasteiger partial charge in [-0.25, -0.2) is 5.53 Å². The standard InChI is InChI=1S/C29H34F3N5O2/c1-28(2,3)22-12-14-24(15-13-22)37(18-20-7-10-21(11-8-20)26(39)35-27(33)36-34)25(38)16-9-19-5-4-6-23(17-19)29(30,31)32/h4-11,16-17,22,24,34H,12-15,18H2,1-3H3,(H2,33,35,39)/b16-9+,36-34?. The lowest BCUT2D eigenvalue weighted by atomic mass is 9.71. The molecular weight excluding hydrogens is 507 g/mol. The first-order valence-corrected chi connectivity index (χ1v) is 12.8. The number of aliphatic imine (C=N–C) groups is 1. The van der Waals surface area contributed by atoms with Crippen LogP contribution in [0.4, 0.5) is 13.2 Å². The molecule has 1 saturated carbocycles. The second kappa shape index (κ2) is 12.4. The summed E-state index contributed by atoms with van der Waals surface area (Å²) in [5.41, 5.74) is 12.9. The van der Waals surface area contributed by atoms with Gasteiger partial charge in [0.05, 0.1) is 5.56 Å². The van der Waals surface area contributed by atoms with Crippen molar-refractivity contribution in [1.82, 2.24) is 4.90 Å². The number of carbonyl (C=O) groups is 2. The van der Waals surface area contributed by atoms with Gasteiger partial charge in [-0.15, -0.1) is 5.11 Å². The van der Waals surface area contributed by atoms with E-state index < -0.39 is 23.6 Å². The second-order valence-corrected chi connectivity index (χ2v) is 10.9. The van der Waals surface area contributed by atoms with E-state index in [2.05, 4.69) is 30.9 Å². The normalized spacial score (nSPS) is 18.7. The molecule has 0 unspecified atom stereocenters. The Morgan fingerprint density at radius 2 is 1.69 bits per heavy atom. The third-order valence-electron chi connectivity index (χ3n) is 7.16. The molecule has 2 aromatic carbocycles. The molecule has 0 aromatic heterocycles. The van der Waals surface area contributed by atoms with E-state index in [9.17, 15) is 22.8 Å². The van der Waals surface area contributed by atoms with E-state index >= 15 is 0 Å². The molecule has 7 nitrogen and oxygen atoms in total. The van der Waals surface area contributed by atoms with Gasteiger partial charge < -0.3 is 10.6 Å². The van der Waals surface area contributed by atoms with Crippen LogP contribution in [0.25, 0.3) is 6.08 Å². The fourth-order valence-corrected chi connectivity index (χ4v) is 4.87. The minimum Gasteiger partial charge on any atom is -0.366 e. The molecule has 0 radical (unpaired) electrons. The van der Waals surface area contributed by atoms with Crippen molar-refractivity contribution in [1.29, 1.82) is 5.53 Å². The van der Waals surface area contributed by atoms with Gasteiger partial charge >= 0.3 is 6.18 Å². The number of nitrogens with two attached hydrogens (primary N) is 1. The first-order chi connectivity index (χ1) is 18.3. The Morgan fingerprint density at radius 3 is 2.26 bits per heavy atom. The highest BCUT2D eigenvalue weighted by Gasteiger charge is 2.33. The van der Waals surface area contributed by atoms with Crippen molar-refractivity contribution in [3.63, 3.8) is 0 Å². The minimum atomic E-state index is -4.47. The van der Waals surface area contributed by atoms with Gasteiger partial charge in [0.25, 0.3) is 5.91 Å². The van der Waals surface area contributed by atoms with Crippen LogP contribution in [0, 0.1) is 16.9 Å². The van der Waals surface area contributed by atoms with Crippen molar-refractivity contribution in [3.8, 4) is 0 Å². The maximum absolute atomic E-state index is 13.4. The quantitative estimate of drug-likeness (QED) is 0.181. The third kappa shape index (κ3) is 8.33. The summed E-state index contributed by atoms with van der Waals surface area (Å²) in [7, 11) is 0. The molecule has 39 heavy (non-hydrogen) atoms. The lowest BCUT2D eigenvalue weighted by Crippen LogP contribution is -2.42. The van der Waals surface area contributed by atoms with Crippen molar-refractivity contribution in [2.75, 3.05) is 0 Å². The average Bonchev–Trinajstić information content (AvgIpc) is 2.90. The molecule has 1 aliphatic rings. The molecule has 0 heterocycles. The van der Waals surface area contributed by atoms with Crippen LogP contribution in [0.3, 0.4) is 0 Å². The highest BCUT2D eigenvalue weighted by atomic mass is 19.4. The van der Waals surface area contributed by atoms with Gasteiger partial charge in [0.1, 0.15) is 0 Å². The van der Waals surface area contributed by atoms with Crippen LogP contribution in [-0.4, -0.2) is 28.7 Å². The van der Waals surface area contributed by atoms with Gasteiger partial charge in [0.2, 0.25) is 11.9 Å². The molecule has 2 amide bonds. The molecule has 10 heteroatoms. The fraction of sp³-hybridized carbons (Fsp3) is 0.414. The average molecular weight is 542 g/mol. The topological polar surface area (TPSA) is 112 Å². The predicted octanol–water partition coefficient (Wildman–Crippen LogP) is 6.84. The van der Waals surface area contributed by atoms with Gasteiger partial charge in [-0.3, -0.25) is 9.59 Å². The van der Waals surface area contributed by atoms with Gasteiger partial charge in [0.15, 0.2) is 0 Å². The molecule has 2 aromatic rings. The number of hydrogen-bond acceptors (Lipinski definition) is 3. The summed E-state index contributed by atoms with van der Waals surface area (Å²) in [4.78, 5) is 30.9. The summed E-state index contributed by atoms with van der Waals surface area (Å²) >= 11 is 0. The van der Waals surface area contributed by atoms with E-state index in [1.54, 1.807) is 29.2 Å². The number of amides is 2. The lowest BCUT2D eigenvalue weighted by Gasteiger charge is -2.41. The Labute approximate surface area is 226 Å². The fourth-order valence-electron chi connectivity index (χ4n) is 4.87. The predicted molar refractivity (Wildman–Crippen MR) is 144 cm³/mol. The van der Waals surface area contributed by atoms with Crippen LogP contribution in [0.2, 0.25) is 0 Å². The van der Waals surface area contributed by atoms with E-state index in [0.29, 0.717) is 5.92 Å². The molecule has 3 N–H and O–H groups in total. The number of benzene rings is 2. The Hall–Kier alpha value is -3.82. The first-order valence-electron chi connectivity index (χ1n) is 12.8.